The number of likely N-dealkylation sites (tertiary alicyclic amines) is 1. The molecule has 25 heavy (non-hydrogen) atoms. The number of hydrogen-bond donors (Lipinski definition) is 2. The van der Waals surface area contributed by atoms with Crippen LogP contribution in [0.4, 0.5) is 0 Å². The Kier molecular flexibility index (Phi) is 6.70. The van der Waals surface area contributed by atoms with E-state index < -0.39 is 0 Å². The molecule has 1 amide bonds. The largest absolute Gasteiger partial charge is 0.497 e. The third-order valence-corrected chi connectivity index (χ3v) is 5.46. The van der Waals surface area contributed by atoms with Crippen LogP contribution in [0.3, 0.4) is 0 Å². The number of nitrogens with one attached hydrogen (secondary N) is 2. The van der Waals surface area contributed by atoms with Crippen molar-refractivity contribution in [3.8, 4) is 5.75 Å². The molecule has 1 aromatic rings. The number of carbonyl (C=O) groups is 1. The van der Waals surface area contributed by atoms with Crippen LogP contribution in [-0.2, 0) is 11.3 Å². The lowest BCUT2D eigenvalue weighted by Gasteiger charge is -2.32. The highest BCUT2D eigenvalue weighted by atomic mass is 16.5. The first-order chi connectivity index (χ1) is 12.2. The van der Waals surface area contributed by atoms with Crippen molar-refractivity contribution in [3.63, 3.8) is 0 Å². The van der Waals surface area contributed by atoms with E-state index in [1.807, 2.05) is 12.1 Å². The fourth-order valence-electron chi connectivity index (χ4n) is 3.78. The van der Waals surface area contributed by atoms with Crippen LogP contribution >= 0.6 is 0 Å². The van der Waals surface area contributed by atoms with E-state index in [-0.39, 0.29) is 11.9 Å². The first kappa shape index (κ1) is 18.2. The maximum atomic E-state index is 12.2. The number of benzene rings is 1. The summed E-state index contributed by atoms with van der Waals surface area (Å²) in [4.78, 5) is 14.7. The highest BCUT2D eigenvalue weighted by Gasteiger charge is 2.23. The molecule has 1 aromatic carbocycles. The van der Waals surface area contributed by atoms with Crippen molar-refractivity contribution in [2.24, 2.45) is 5.92 Å². The number of carbonyl (C=O) groups excluding carboxylic acids is 1. The van der Waals surface area contributed by atoms with Gasteiger partial charge < -0.3 is 15.4 Å². The first-order valence-electron chi connectivity index (χ1n) is 9.61. The van der Waals surface area contributed by atoms with Gasteiger partial charge in [0.05, 0.1) is 13.2 Å². The number of rotatable bonds is 6. The van der Waals surface area contributed by atoms with Gasteiger partial charge in [-0.1, -0.05) is 18.6 Å². The van der Waals surface area contributed by atoms with E-state index in [9.17, 15) is 4.79 Å². The number of nitrogens with zero attached hydrogens (tertiary/aromatic N) is 1. The number of piperidine rings is 2. The predicted octanol–water partition coefficient (Wildman–Crippen LogP) is 2.17. The number of methoxy groups -OCH3 is 1. The minimum atomic E-state index is 0.0314. The standard InChI is InChI=1S/C20H31N3O2/c1-25-18-7-5-17(6-8-18)15-23-12-9-16(10-13-23)14-22-20(24)19-4-2-3-11-21-19/h5-8,16,19,21H,2-4,9-15H2,1H3,(H,22,24). The quantitative estimate of drug-likeness (QED) is 0.830. The maximum Gasteiger partial charge on any atom is 0.237 e. The zero-order valence-electron chi connectivity index (χ0n) is 15.3. The molecule has 1 unspecified atom stereocenters. The Hall–Kier alpha value is -1.59. The van der Waals surface area contributed by atoms with Crippen molar-refractivity contribution in [2.75, 3.05) is 33.3 Å². The van der Waals surface area contributed by atoms with E-state index in [0.717, 1.165) is 64.2 Å². The second kappa shape index (κ2) is 9.20. The average Bonchev–Trinajstić information content (AvgIpc) is 2.68. The maximum absolute atomic E-state index is 12.2. The van der Waals surface area contributed by atoms with Gasteiger partial charge in [0.25, 0.3) is 0 Å². The van der Waals surface area contributed by atoms with Crippen molar-refractivity contribution in [3.05, 3.63) is 29.8 Å². The molecule has 5 nitrogen and oxygen atoms in total. The summed E-state index contributed by atoms with van der Waals surface area (Å²) < 4.78 is 5.21. The van der Waals surface area contributed by atoms with Gasteiger partial charge in [0.1, 0.15) is 5.75 Å². The van der Waals surface area contributed by atoms with Crippen LogP contribution in [0.25, 0.3) is 0 Å². The van der Waals surface area contributed by atoms with E-state index in [2.05, 4.69) is 27.7 Å². The summed E-state index contributed by atoms with van der Waals surface area (Å²) in [6.45, 7) is 5.01. The second-order valence-corrected chi connectivity index (χ2v) is 7.32. The minimum Gasteiger partial charge on any atom is -0.497 e. The van der Waals surface area contributed by atoms with Crippen molar-refractivity contribution in [1.29, 1.82) is 0 Å². The summed E-state index contributed by atoms with van der Waals surface area (Å²) in [5.74, 6) is 1.71. The molecule has 3 rings (SSSR count). The average molecular weight is 345 g/mol. The van der Waals surface area contributed by atoms with Gasteiger partial charge >= 0.3 is 0 Å². The van der Waals surface area contributed by atoms with Gasteiger partial charge in [0, 0.05) is 13.1 Å². The summed E-state index contributed by atoms with van der Waals surface area (Å²) in [5.41, 5.74) is 1.33. The number of ether oxygens (including phenoxy) is 1. The smallest absolute Gasteiger partial charge is 0.237 e. The Morgan fingerprint density at radius 1 is 1.20 bits per heavy atom. The van der Waals surface area contributed by atoms with Gasteiger partial charge in [-0.3, -0.25) is 9.69 Å². The lowest BCUT2D eigenvalue weighted by Crippen LogP contribution is -2.48. The second-order valence-electron chi connectivity index (χ2n) is 7.32. The molecule has 2 heterocycles. The minimum absolute atomic E-state index is 0.0314. The summed E-state index contributed by atoms with van der Waals surface area (Å²) in [6, 6.07) is 8.36. The third-order valence-electron chi connectivity index (χ3n) is 5.46. The number of hydrogen-bond acceptors (Lipinski definition) is 4. The van der Waals surface area contributed by atoms with Crippen LogP contribution in [0, 0.1) is 5.92 Å². The summed E-state index contributed by atoms with van der Waals surface area (Å²) in [7, 11) is 1.70. The van der Waals surface area contributed by atoms with Crippen LogP contribution < -0.4 is 15.4 Å². The topological polar surface area (TPSA) is 53.6 Å². The third kappa shape index (κ3) is 5.44. The summed E-state index contributed by atoms with van der Waals surface area (Å²) >= 11 is 0. The Labute approximate surface area is 151 Å². The molecule has 2 aliphatic heterocycles. The van der Waals surface area contributed by atoms with Crippen LogP contribution in [0.1, 0.15) is 37.7 Å². The van der Waals surface area contributed by atoms with Gasteiger partial charge in [-0.15, -0.1) is 0 Å². The fourth-order valence-corrected chi connectivity index (χ4v) is 3.78. The van der Waals surface area contributed by atoms with Crippen LogP contribution in [0.2, 0.25) is 0 Å². The van der Waals surface area contributed by atoms with Gasteiger partial charge in [-0.25, -0.2) is 0 Å². The predicted molar refractivity (Wildman–Crippen MR) is 99.6 cm³/mol. The monoisotopic (exact) mass is 345 g/mol. The highest BCUT2D eigenvalue weighted by molar-refractivity contribution is 5.81. The lowest BCUT2D eigenvalue weighted by atomic mass is 9.96. The Morgan fingerprint density at radius 2 is 1.96 bits per heavy atom. The van der Waals surface area contributed by atoms with Gasteiger partial charge in [-0.2, -0.15) is 0 Å². The molecule has 2 N–H and O–H groups in total. The van der Waals surface area contributed by atoms with Crippen LogP contribution in [0.5, 0.6) is 5.75 Å². The van der Waals surface area contributed by atoms with Crippen molar-refractivity contribution >= 4 is 5.91 Å². The molecular weight excluding hydrogens is 314 g/mol. The van der Waals surface area contributed by atoms with E-state index in [4.69, 9.17) is 4.74 Å². The molecule has 0 aromatic heterocycles. The van der Waals surface area contributed by atoms with E-state index in [0.29, 0.717) is 5.92 Å². The zero-order valence-corrected chi connectivity index (χ0v) is 15.3. The van der Waals surface area contributed by atoms with Crippen LogP contribution in [0.15, 0.2) is 24.3 Å². The molecule has 5 heteroatoms. The van der Waals surface area contributed by atoms with Gasteiger partial charge in [0.2, 0.25) is 5.91 Å². The van der Waals surface area contributed by atoms with E-state index in [1.165, 1.54) is 12.0 Å². The normalized spacial score (nSPS) is 22.5. The first-order valence-corrected chi connectivity index (χ1v) is 9.61. The molecule has 0 spiro atoms. The highest BCUT2D eigenvalue weighted by Crippen LogP contribution is 2.20. The molecule has 0 aliphatic carbocycles. The van der Waals surface area contributed by atoms with E-state index in [1.54, 1.807) is 7.11 Å². The number of amides is 1. The summed E-state index contributed by atoms with van der Waals surface area (Å²) in [5, 5.41) is 6.49. The van der Waals surface area contributed by atoms with Crippen LogP contribution in [-0.4, -0.2) is 50.1 Å². The Morgan fingerprint density at radius 3 is 2.60 bits per heavy atom. The fraction of sp³-hybridized carbons (Fsp3) is 0.650. The SMILES string of the molecule is COc1ccc(CN2CCC(CNC(=O)C3CCCCN3)CC2)cc1. The molecule has 2 aliphatic rings. The molecule has 1 atom stereocenters. The van der Waals surface area contributed by atoms with Gasteiger partial charge in [-0.05, 0) is 68.9 Å². The lowest BCUT2D eigenvalue weighted by molar-refractivity contribution is -0.123. The summed E-state index contributed by atoms with van der Waals surface area (Å²) in [6.07, 6.45) is 5.65. The Balaban J connectivity index is 1.35. The molecular formula is C20H31N3O2. The molecule has 0 radical (unpaired) electrons. The molecule has 2 fully saturated rings. The molecule has 138 valence electrons. The van der Waals surface area contributed by atoms with Gasteiger partial charge in [0.15, 0.2) is 0 Å². The van der Waals surface area contributed by atoms with Crippen molar-refractivity contribution in [1.82, 2.24) is 15.5 Å². The Bertz CT molecular complexity index is 532. The van der Waals surface area contributed by atoms with E-state index >= 15 is 0 Å². The molecule has 2 saturated heterocycles. The molecule has 0 bridgehead atoms. The zero-order chi connectivity index (χ0) is 17.5. The van der Waals surface area contributed by atoms with Crippen molar-refractivity contribution in [2.45, 2.75) is 44.7 Å². The van der Waals surface area contributed by atoms with Crippen molar-refractivity contribution < 1.29 is 9.53 Å². The molecule has 0 saturated carbocycles.